The van der Waals surface area contributed by atoms with Gasteiger partial charge in [-0.3, -0.25) is 4.99 Å². The number of nitrogens with one attached hydrogen (secondary N) is 1. The van der Waals surface area contributed by atoms with E-state index in [-0.39, 0.29) is 24.0 Å². The van der Waals surface area contributed by atoms with Gasteiger partial charge in [0.05, 0.1) is 0 Å². The first-order valence-corrected chi connectivity index (χ1v) is 8.50. The highest BCUT2D eigenvalue weighted by atomic mass is 127. The van der Waals surface area contributed by atoms with E-state index in [1.165, 1.54) is 12.0 Å². The molecule has 2 aliphatic heterocycles. The number of hydrogen-bond acceptors (Lipinski definition) is 3. The monoisotopic (exact) mass is 445 g/mol. The number of rotatable bonds is 3. The largest absolute Gasteiger partial charge is 0.454 e. The van der Waals surface area contributed by atoms with Crippen molar-refractivity contribution in [3.05, 3.63) is 23.8 Å². The van der Waals surface area contributed by atoms with Crippen LogP contribution in [0.15, 0.2) is 23.2 Å². The molecule has 0 saturated carbocycles. The second-order valence-electron chi connectivity index (χ2n) is 6.76. The fraction of sp³-hybridized carbons (Fsp3) is 0.611. The summed E-state index contributed by atoms with van der Waals surface area (Å²) in [5, 5.41) is 3.50. The molecule has 0 aliphatic carbocycles. The Labute approximate surface area is 161 Å². The number of nitrogens with zero attached hydrogens (tertiary/aromatic N) is 2. The molecule has 134 valence electrons. The lowest BCUT2D eigenvalue weighted by Gasteiger charge is -2.37. The first-order valence-electron chi connectivity index (χ1n) is 8.50. The number of ether oxygens (including phenoxy) is 2. The third kappa shape index (κ3) is 4.68. The molecule has 1 N–H and O–H groups in total. The van der Waals surface area contributed by atoms with Gasteiger partial charge in [-0.05, 0) is 42.4 Å². The first-order chi connectivity index (χ1) is 11.2. The summed E-state index contributed by atoms with van der Waals surface area (Å²) in [5.74, 6) is 4.17. The normalized spacial score (nSPS) is 23.0. The van der Waals surface area contributed by atoms with Crippen LogP contribution in [0.5, 0.6) is 11.5 Å². The molecular formula is C18H28IN3O2. The second kappa shape index (κ2) is 8.78. The van der Waals surface area contributed by atoms with Crippen LogP contribution in [0.3, 0.4) is 0 Å². The van der Waals surface area contributed by atoms with Gasteiger partial charge < -0.3 is 19.7 Å². The van der Waals surface area contributed by atoms with Crippen LogP contribution in [0.4, 0.5) is 0 Å². The molecule has 0 bridgehead atoms. The summed E-state index contributed by atoms with van der Waals surface area (Å²) in [4.78, 5) is 6.84. The van der Waals surface area contributed by atoms with Gasteiger partial charge in [0.2, 0.25) is 6.79 Å². The van der Waals surface area contributed by atoms with Crippen LogP contribution in [0, 0.1) is 11.8 Å². The Balaban J connectivity index is 0.00000208. The summed E-state index contributed by atoms with van der Waals surface area (Å²) in [5.41, 5.74) is 1.25. The molecule has 2 unspecified atom stereocenters. The van der Waals surface area contributed by atoms with Gasteiger partial charge in [-0.2, -0.15) is 0 Å². The van der Waals surface area contributed by atoms with Gasteiger partial charge in [-0.25, -0.2) is 0 Å². The molecule has 5 nitrogen and oxygen atoms in total. The lowest BCUT2D eigenvalue weighted by molar-refractivity contribution is 0.174. The number of benzene rings is 1. The Morgan fingerprint density at radius 3 is 2.62 bits per heavy atom. The highest BCUT2D eigenvalue weighted by Crippen LogP contribution is 2.32. The third-order valence-electron chi connectivity index (χ3n) is 4.51. The molecule has 2 heterocycles. The highest BCUT2D eigenvalue weighted by Gasteiger charge is 2.23. The Morgan fingerprint density at radius 1 is 1.21 bits per heavy atom. The van der Waals surface area contributed by atoms with Crippen LogP contribution in [0.2, 0.25) is 0 Å². The number of likely N-dealkylation sites (tertiary alicyclic amines) is 1. The van der Waals surface area contributed by atoms with Crippen molar-refractivity contribution in [3.8, 4) is 11.5 Å². The minimum Gasteiger partial charge on any atom is -0.454 e. The maximum Gasteiger partial charge on any atom is 0.231 e. The predicted molar refractivity (Wildman–Crippen MR) is 108 cm³/mol. The SMILES string of the molecule is CN=C(NCCc1ccc2c(c1)OCO2)N1CC(C)CC(C)C1.I. The maximum absolute atomic E-state index is 5.43. The van der Waals surface area contributed by atoms with Gasteiger partial charge in [0, 0.05) is 26.7 Å². The molecule has 1 aromatic rings. The average molecular weight is 445 g/mol. The zero-order chi connectivity index (χ0) is 16.2. The molecule has 0 spiro atoms. The molecule has 6 heteroatoms. The summed E-state index contributed by atoms with van der Waals surface area (Å²) in [6.07, 6.45) is 2.25. The van der Waals surface area contributed by atoms with E-state index in [0.29, 0.717) is 6.79 Å². The van der Waals surface area contributed by atoms with Crippen molar-refractivity contribution in [2.75, 3.05) is 33.5 Å². The van der Waals surface area contributed by atoms with E-state index in [0.717, 1.165) is 55.3 Å². The van der Waals surface area contributed by atoms with E-state index < -0.39 is 0 Å². The van der Waals surface area contributed by atoms with Crippen LogP contribution in [0.1, 0.15) is 25.8 Å². The van der Waals surface area contributed by atoms with Crippen molar-refractivity contribution in [3.63, 3.8) is 0 Å². The van der Waals surface area contributed by atoms with E-state index in [9.17, 15) is 0 Å². The van der Waals surface area contributed by atoms with Crippen molar-refractivity contribution in [1.29, 1.82) is 0 Å². The van der Waals surface area contributed by atoms with Crippen LogP contribution in [0.25, 0.3) is 0 Å². The maximum atomic E-state index is 5.43. The zero-order valence-corrected chi connectivity index (χ0v) is 17.1. The minimum absolute atomic E-state index is 0. The van der Waals surface area contributed by atoms with Crippen LogP contribution >= 0.6 is 24.0 Å². The molecule has 1 aromatic carbocycles. The number of halogens is 1. The Morgan fingerprint density at radius 2 is 1.92 bits per heavy atom. The van der Waals surface area contributed by atoms with Crippen LogP contribution in [-0.2, 0) is 6.42 Å². The second-order valence-corrected chi connectivity index (χ2v) is 6.76. The smallest absolute Gasteiger partial charge is 0.231 e. The molecule has 2 aliphatic rings. The molecule has 0 radical (unpaired) electrons. The van der Waals surface area contributed by atoms with Gasteiger partial charge in [0.1, 0.15) is 0 Å². The van der Waals surface area contributed by atoms with Gasteiger partial charge in [-0.15, -0.1) is 24.0 Å². The average Bonchev–Trinajstić information content (AvgIpc) is 2.98. The van der Waals surface area contributed by atoms with Crippen molar-refractivity contribution in [1.82, 2.24) is 10.2 Å². The van der Waals surface area contributed by atoms with Crippen molar-refractivity contribution in [2.24, 2.45) is 16.8 Å². The lowest BCUT2D eigenvalue weighted by Crippen LogP contribution is -2.48. The van der Waals surface area contributed by atoms with Gasteiger partial charge in [0.15, 0.2) is 17.5 Å². The number of guanidine groups is 1. The predicted octanol–water partition coefficient (Wildman–Crippen LogP) is 3.13. The molecule has 1 fully saturated rings. The van der Waals surface area contributed by atoms with Gasteiger partial charge >= 0.3 is 0 Å². The van der Waals surface area contributed by atoms with E-state index >= 15 is 0 Å². The molecule has 2 atom stereocenters. The number of hydrogen-bond donors (Lipinski definition) is 1. The van der Waals surface area contributed by atoms with Gasteiger partial charge in [-0.1, -0.05) is 19.9 Å². The van der Waals surface area contributed by atoms with E-state index in [4.69, 9.17) is 9.47 Å². The Bertz CT molecular complexity index is 569. The molecule has 1 saturated heterocycles. The molecule has 0 amide bonds. The summed E-state index contributed by atoms with van der Waals surface area (Å²) >= 11 is 0. The van der Waals surface area contributed by atoms with Crippen LogP contribution < -0.4 is 14.8 Å². The Kier molecular flexibility index (Phi) is 7.01. The van der Waals surface area contributed by atoms with E-state index in [2.05, 4.69) is 41.2 Å². The quantitative estimate of drug-likeness (QED) is 0.441. The zero-order valence-electron chi connectivity index (χ0n) is 14.7. The third-order valence-corrected chi connectivity index (χ3v) is 4.51. The van der Waals surface area contributed by atoms with Gasteiger partial charge in [0.25, 0.3) is 0 Å². The van der Waals surface area contributed by atoms with E-state index in [1.807, 2.05) is 13.1 Å². The fourth-order valence-corrected chi connectivity index (χ4v) is 3.58. The molecular weight excluding hydrogens is 417 g/mol. The summed E-state index contributed by atoms with van der Waals surface area (Å²) in [7, 11) is 1.87. The first kappa shape index (κ1) is 19.1. The number of fused-ring (bicyclic) bond motifs is 1. The van der Waals surface area contributed by atoms with Crippen LogP contribution in [-0.4, -0.2) is 44.3 Å². The highest BCUT2D eigenvalue weighted by molar-refractivity contribution is 14.0. The summed E-state index contributed by atoms with van der Waals surface area (Å²) in [6.45, 7) is 8.02. The standard InChI is InChI=1S/C18H27N3O2.HI/c1-13-8-14(2)11-21(10-13)18(19-3)20-7-6-15-4-5-16-17(9-15)23-12-22-16;/h4-5,9,13-14H,6-8,10-12H2,1-3H3,(H,19,20);1H. The van der Waals surface area contributed by atoms with Crippen molar-refractivity contribution < 1.29 is 9.47 Å². The molecule has 0 aromatic heterocycles. The van der Waals surface area contributed by atoms with Crippen molar-refractivity contribution in [2.45, 2.75) is 26.7 Å². The number of piperidine rings is 1. The lowest BCUT2D eigenvalue weighted by atomic mass is 9.92. The Hall–Kier alpha value is -1.18. The fourth-order valence-electron chi connectivity index (χ4n) is 3.58. The van der Waals surface area contributed by atoms with Crippen molar-refractivity contribution >= 4 is 29.9 Å². The molecule has 3 rings (SSSR count). The summed E-state index contributed by atoms with van der Waals surface area (Å²) in [6, 6.07) is 6.15. The van der Waals surface area contributed by atoms with E-state index in [1.54, 1.807) is 0 Å². The molecule has 24 heavy (non-hydrogen) atoms. The summed E-state index contributed by atoms with van der Waals surface area (Å²) < 4.78 is 10.8. The topological polar surface area (TPSA) is 46.1 Å². The number of aliphatic imine (C=N–C) groups is 1. The minimum atomic E-state index is 0.